The minimum Gasteiger partial charge on any atom is -0.489 e. The Labute approximate surface area is 108 Å². The van der Waals surface area contributed by atoms with Crippen LogP contribution in [0.4, 0.5) is 0 Å². The Balaban J connectivity index is 2.00. The Morgan fingerprint density at radius 3 is 2.33 bits per heavy atom. The Kier molecular flexibility index (Phi) is 2.61. The third-order valence-corrected chi connectivity index (χ3v) is 4.50. The number of hydrogen-bond donors (Lipinski definition) is 0. The van der Waals surface area contributed by atoms with Crippen molar-refractivity contribution in [2.24, 2.45) is 17.3 Å². The molecule has 0 spiro atoms. The molecule has 0 saturated heterocycles. The number of Topliss-reactive ketones (excluding diaryl/α,β-unsaturated/α-hetero) is 2. The van der Waals surface area contributed by atoms with Gasteiger partial charge in [-0.1, -0.05) is 26.7 Å². The first kappa shape index (κ1) is 11.9. The quantitative estimate of drug-likeness (QED) is 0.662. The van der Waals surface area contributed by atoms with E-state index in [4.69, 9.17) is 4.74 Å². The molecule has 2 unspecified atom stereocenters. The number of carbonyl (C=O) groups excluding carboxylic acids is 2. The predicted molar refractivity (Wildman–Crippen MR) is 66.8 cm³/mol. The molecule has 18 heavy (non-hydrogen) atoms. The van der Waals surface area contributed by atoms with Crippen molar-refractivity contribution in [1.82, 2.24) is 0 Å². The summed E-state index contributed by atoms with van der Waals surface area (Å²) < 4.78 is 5.64. The van der Waals surface area contributed by atoms with Crippen molar-refractivity contribution in [3.8, 4) is 0 Å². The maximum atomic E-state index is 12.5. The summed E-state index contributed by atoms with van der Waals surface area (Å²) in [4.78, 5) is 25.0. The lowest BCUT2D eigenvalue weighted by Crippen LogP contribution is -2.44. The highest BCUT2D eigenvalue weighted by molar-refractivity contribution is 6.13. The third kappa shape index (κ3) is 1.72. The van der Waals surface area contributed by atoms with E-state index < -0.39 is 0 Å². The highest BCUT2D eigenvalue weighted by atomic mass is 16.5. The van der Waals surface area contributed by atoms with Gasteiger partial charge in [-0.2, -0.15) is 0 Å². The minimum absolute atomic E-state index is 0.0315. The molecule has 3 heteroatoms. The lowest BCUT2D eigenvalue weighted by molar-refractivity contribution is -0.137. The first-order chi connectivity index (χ1) is 8.49. The summed E-state index contributed by atoms with van der Waals surface area (Å²) in [6.45, 7) is 4.71. The zero-order valence-corrected chi connectivity index (χ0v) is 11.1. The Hall–Kier alpha value is -1.12. The van der Waals surface area contributed by atoms with Gasteiger partial charge in [0.15, 0.2) is 11.5 Å². The first-order valence-corrected chi connectivity index (χ1v) is 6.94. The normalized spacial score (nSPS) is 34.8. The van der Waals surface area contributed by atoms with Crippen LogP contribution in [0.15, 0.2) is 11.3 Å². The molecule has 98 valence electrons. The van der Waals surface area contributed by atoms with Gasteiger partial charge in [0.1, 0.15) is 0 Å². The maximum Gasteiger partial charge on any atom is 0.201 e. The fourth-order valence-electron chi connectivity index (χ4n) is 3.53. The molecule has 2 aliphatic carbocycles. The van der Waals surface area contributed by atoms with Gasteiger partial charge in [0, 0.05) is 22.8 Å². The summed E-state index contributed by atoms with van der Waals surface area (Å²) in [6, 6.07) is 0. The molecule has 1 aliphatic heterocycles. The van der Waals surface area contributed by atoms with Crippen LogP contribution in [0.25, 0.3) is 0 Å². The van der Waals surface area contributed by atoms with Crippen molar-refractivity contribution in [3.63, 3.8) is 0 Å². The number of carbonyl (C=O) groups is 2. The third-order valence-electron chi connectivity index (χ3n) is 4.50. The van der Waals surface area contributed by atoms with Gasteiger partial charge in [0.05, 0.1) is 6.61 Å². The fraction of sp³-hybridized carbons (Fsp3) is 0.733. The minimum atomic E-state index is -0.0915. The molecular weight excluding hydrogens is 228 g/mol. The molecule has 3 rings (SSSR count). The molecule has 0 amide bonds. The summed E-state index contributed by atoms with van der Waals surface area (Å²) >= 11 is 0. The molecule has 0 aromatic rings. The van der Waals surface area contributed by atoms with Crippen LogP contribution >= 0.6 is 0 Å². The molecule has 1 saturated carbocycles. The number of hydrogen-bond acceptors (Lipinski definition) is 3. The van der Waals surface area contributed by atoms with Crippen LogP contribution in [0.2, 0.25) is 0 Å². The van der Waals surface area contributed by atoms with E-state index in [-0.39, 0.29) is 28.8 Å². The zero-order valence-electron chi connectivity index (χ0n) is 11.1. The van der Waals surface area contributed by atoms with Crippen molar-refractivity contribution in [2.75, 3.05) is 6.61 Å². The molecule has 3 aliphatic rings. The number of fused-ring (bicyclic) bond motifs is 1. The van der Waals surface area contributed by atoms with E-state index in [1.54, 1.807) is 0 Å². The second-order valence-electron chi connectivity index (χ2n) is 6.66. The molecular formula is C15H20O3. The van der Waals surface area contributed by atoms with Gasteiger partial charge in [-0.15, -0.1) is 0 Å². The van der Waals surface area contributed by atoms with E-state index in [9.17, 15) is 9.59 Å². The van der Waals surface area contributed by atoms with E-state index in [1.807, 2.05) is 0 Å². The fourth-order valence-corrected chi connectivity index (χ4v) is 3.53. The second kappa shape index (κ2) is 3.94. The van der Waals surface area contributed by atoms with Crippen molar-refractivity contribution < 1.29 is 14.3 Å². The molecule has 0 aromatic heterocycles. The van der Waals surface area contributed by atoms with E-state index >= 15 is 0 Å². The number of ketones is 2. The average Bonchev–Trinajstić information content (AvgIpc) is 2.35. The van der Waals surface area contributed by atoms with Crippen LogP contribution in [0.3, 0.4) is 0 Å². The van der Waals surface area contributed by atoms with E-state index in [0.717, 1.165) is 25.7 Å². The number of rotatable bonds is 0. The highest BCUT2D eigenvalue weighted by Crippen LogP contribution is 2.44. The lowest BCUT2D eigenvalue weighted by Gasteiger charge is -2.40. The van der Waals surface area contributed by atoms with E-state index in [1.165, 1.54) is 0 Å². The average molecular weight is 248 g/mol. The number of allylic oxidation sites excluding steroid dienone is 2. The Morgan fingerprint density at radius 1 is 1.06 bits per heavy atom. The topological polar surface area (TPSA) is 43.4 Å². The van der Waals surface area contributed by atoms with Crippen molar-refractivity contribution in [2.45, 2.75) is 46.0 Å². The van der Waals surface area contributed by atoms with E-state index in [2.05, 4.69) is 13.8 Å². The molecule has 1 heterocycles. The molecule has 0 N–H and O–H groups in total. The van der Waals surface area contributed by atoms with Crippen LogP contribution in [-0.4, -0.2) is 18.2 Å². The second-order valence-corrected chi connectivity index (χ2v) is 6.66. The Bertz CT molecular complexity index is 445. The zero-order chi connectivity index (χ0) is 12.9. The summed E-state index contributed by atoms with van der Waals surface area (Å²) in [6.07, 6.45) is 4.57. The molecule has 2 atom stereocenters. The lowest BCUT2D eigenvalue weighted by atomic mass is 9.66. The monoisotopic (exact) mass is 248 g/mol. The van der Waals surface area contributed by atoms with E-state index in [0.29, 0.717) is 24.4 Å². The predicted octanol–water partition coefficient (Wildman–Crippen LogP) is 2.65. The van der Waals surface area contributed by atoms with Gasteiger partial charge in [0.25, 0.3) is 0 Å². The largest absolute Gasteiger partial charge is 0.489 e. The van der Waals surface area contributed by atoms with Gasteiger partial charge >= 0.3 is 0 Å². The molecule has 0 bridgehead atoms. The number of ether oxygens (including phenoxy) is 1. The van der Waals surface area contributed by atoms with Crippen molar-refractivity contribution >= 4 is 11.6 Å². The standard InChI is InChI=1S/C15H20O3/c1-15(2)7-11-12(16)9-5-3-4-6-10(9)13(17)14(11)18-8-15/h9-10H,3-8H2,1-2H3. The summed E-state index contributed by atoms with van der Waals surface area (Å²) in [7, 11) is 0. The van der Waals surface area contributed by atoms with Crippen molar-refractivity contribution in [1.29, 1.82) is 0 Å². The van der Waals surface area contributed by atoms with Gasteiger partial charge < -0.3 is 4.74 Å². The maximum absolute atomic E-state index is 12.5. The molecule has 1 fully saturated rings. The van der Waals surface area contributed by atoms with Crippen LogP contribution < -0.4 is 0 Å². The molecule has 3 nitrogen and oxygen atoms in total. The molecule has 0 radical (unpaired) electrons. The summed E-state index contributed by atoms with van der Waals surface area (Å²) in [5.41, 5.74) is 0.649. The summed E-state index contributed by atoms with van der Waals surface area (Å²) in [5, 5.41) is 0. The van der Waals surface area contributed by atoms with Crippen molar-refractivity contribution in [3.05, 3.63) is 11.3 Å². The molecule has 0 aromatic carbocycles. The highest BCUT2D eigenvalue weighted by Gasteiger charge is 2.47. The first-order valence-electron chi connectivity index (χ1n) is 6.94. The van der Waals surface area contributed by atoms with Crippen LogP contribution in [0.1, 0.15) is 46.0 Å². The van der Waals surface area contributed by atoms with Crippen LogP contribution in [-0.2, 0) is 14.3 Å². The van der Waals surface area contributed by atoms with Gasteiger partial charge in [-0.05, 0) is 19.3 Å². The van der Waals surface area contributed by atoms with Crippen LogP contribution in [0.5, 0.6) is 0 Å². The van der Waals surface area contributed by atoms with Gasteiger partial charge in [-0.3, -0.25) is 9.59 Å². The summed E-state index contributed by atoms with van der Waals surface area (Å²) in [5.74, 6) is 0.558. The SMILES string of the molecule is CC1(C)COC2=C(C1)C(=O)C1CCCCC1C2=O. The van der Waals surface area contributed by atoms with Gasteiger partial charge in [0.2, 0.25) is 5.78 Å². The van der Waals surface area contributed by atoms with Gasteiger partial charge in [-0.25, -0.2) is 0 Å². The van der Waals surface area contributed by atoms with Crippen LogP contribution in [0, 0.1) is 17.3 Å². The Morgan fingerprint density at radius 2 is 1.67 bits per heavy atom. The smallest absolute Gasteiger partial charge is 0.201 e.